The summed E-state index contributed by atoms with van der Waals surface area (Å²) in [4.78, 5) is 12.4. The molecule has 22 heavy (non-hydrogen) atoms. The zero-order valence-electron chi connectivity index (χ0n) is 13.3. The molecule has 0 radical (unpaired) electrons. The summed E-state index contributed by atoms with van der Waals surface area (Å²) in [5, 5.41) is 0. The van der Waals surface area contributed by atoms with E-state index in [0.717, 1.165) is 17.7 Å². The number of aromatic nitrogens is 1. The molecule has 3 nitrogen and oxygen atoms in total. The first kappa shape index (κ1) is 18.6. The monoisotopic (exact) mass is 411 g/mol. The third-order valence-corrected chi connectivity index (χ3v) is 3.24. The summed E-state index contributed by atoms with van der Waals surface area (Å²) in [6, 6.07) is 11.9. The van der Waals surface area contributed by atoms with Crippen molar-refractivity contribution in [3.63, 3.8) is 0 Å². The van der Waals surface area contributed by atoms with Gasteiger partial charge in [0.2, 0.25) is 0 Å². The van der Waals surface area contributed by atoms with Crippen molar-refractivity contribution in [3.05, 3.63) is 54.4 Å². The summed E-state index contributed by atoms with van der Waals surface area (Å²) in [5.41, 5.74) is 2.55. The number of nitrogens with zero attached hydrogens (tertiary/aromatic N) is 1. The van der Waals surface area contributed by atoms with Crippen LogP contribution < -0.4 is 28.5 Å². The molecule has 1 aromatic carbocycles. The van der Waals surface area contributed by atoms with Crippen LogP contribution in [0.2, 0.25) is 0 Å². The van der Waals surface area contributed by atoms with Crippen molar-refractivity contribution in [1.29, 1.82) is 0 Å². The molecular weight excluding hydrogens is 389 g/mol. The van der Waals surface area contributed by atoms with Crippen molar-refractivity contribution < 1.29 is 38.1 Å². The first-order valence-corrected chi connectivity index (χ1v) is 7.37. The van der Waals surface area contributed by atoms with E-state index in [4.69, 9.17) is 4.74 Å². The summed E-state index contributed by atoms with van der Waals surface area (Å²) >= 11 is 0. The van der Waals surface area contributed by atoms with Gasteiger partial charge in [-0.25, -0.2) is 9.36 Å². The molecule has 0 N–H and O–H groups in total. The Bertz CT molecular complexity index is 612. The fraction of sp³-hybridized carbons (Fsp3) is 0.333. The largest absolute Gasteiger partial charge is 1.00 e. The SMILES string of the molecule is CC[n+]1ccc(-c2ccccc2)c(C(=O)OCC(C)C)c1.[I-]. The highest BCUT2D eigenvalue weighted by atomic mass is 127. The molecule has 1 heterocycles. The molecule has 1 aromatic heterocycles. The van der Waals surface area contributed by atoms with Crippen molar-refractivity contribution in [2.75, 3.05) is 6.61 Å². The summed E-state index contributed by atoms with van der Waals surface area (Å²) < 4.78 is 7.38. The molecule has 0 aliphatic rings. The van der Waals surface area contributed by atoms with Gasteiger partial charge in [0.1, 0.15) is 12.1 Å². The second-order valence-corrected chi connectivity index (χ2v) is 5.46. The van der Waals surface area contributed by atoms with E-state index in [0.29, 0.717) is 18.1 Å². The summed E-state index contributed by atoms with van der Waals surface area (Å²) in [5.74, 6) is 0.0708. The highest BCUT2D eigenvalue weighted by molar-refractivity contribution is 5.96. The van der Waals surface area contributed by atoms with Gasteiger partial charge in [-0.2, -0.15) is 0 Å². The molecule has 118 valence electrons. The van der Waals surface area contributed by atoms with Gasteiger partial charge in [-0.1, -0.05) is 44.2 Å². The van der Waals surface area contributed by atoms with Gasteiger partial charge >= 0.3 is 5.97 Å². The van der Waals surface area contributed by atoms with Crippen LogP contribution in [0.5, 0.6) is 0 Å². The quantitative estimate of drug-likeness (QED) is 0.407. The number of carbonyl (C=O) groups is 1. The normalized spacial score (nSPS) is 10.2. The summed E-state index contributed by atoms with van der Waals surface area (Å²) in [6.07, 6.45) is 3.85. The Morgan fingerprint density at radius 1 is 1.18 bits per heavy atom. The lowest BCUT2D eigenvalue weighted by atomic mass is 10.0. The van der Waals surface area contributed by atoms with Gasteiger partial charge in [0.25, 0.3) is 0 Å². The van der Waals surface area contributed by atoms with Crippen LogP contribution in [-0.2, 0) is 11.3 Å². The number of esters is 1. The number of ether oxygens (including phenoxy) is 1. The third-order valence-electron chi connectivity index (χ3n) is 3.24. The molecule has 0 amide bonds. The van der Waals surface area contributed by atoms with Gasteiger partial charge in [0.05, 0.1) is 6.61 Å². The maximum atomic E-state index is 12.4. The number of carbonyl (C=O) groups excluding carboxylic acids is 1. The van der Waals surface area contributed by atoms with Crippen LogP contribution in [0.1, 0.15) is 31.1 Å². The van der Waals surface area contributed by atoms with E-state index in [1.165, 1.54) is 0 Å². The van der Waals surface area contributed by atoms with Gasteiger partial charge < -0.3 is 28.7 Å². The van der Waals surface area contributed by atoms with Crippen LogP contribution >= 0.6 is 0 Å². The van der Waals surface area contributed by atoms with Gasteiger partial charge in [-0.05, 0) is 18.4 Å². The van der Waals surface area contributed by atoms with Crippen LogP contribution in [-0.4, -0.2) is 12.6 Å². The molecule has 0 saturated carbocycles. The molecule has 0 atom stereocenters. The van der Waals surface area contributed by atoms with Crippen molar-refractivity contribution in [2.45, 2.75) is 27.3 Å². The van der Waals surface area contributed by atoms with Gasteiger partial charge in [-0.15, -0.1) is 0 Å². The second kappa shape index (κ2) is 8.88. The minimum absolute atomic E-state index is 0. The predicted octanol–water partition coefficient (Wildman–Crippen LogP) is 0.478. The topological polar surface area (TPSA) is 30.2 Å². The predicted molar refractivity (Wildman–Crippen MR) is 82.9 cm³/mol. The number of aryl methyl sites for hydroxylation is 1. The Morgan fingerprint density at radius 2 is 1.86 bits per heavy atom. The Morgan fingerprint density at radius 3 is 2.45 bits per heavy atom. The number of hydrogen-bond acceptors (Lipinski definition) is 2. The third kappa shape index (κ3) is 4.80. The zero-order valence-corrected chi connectivity index (χ0v) is 15.4. The fourth-order valence-corrected chi connectivity index (χ4v) is 2.09. The minimum atomic E-state index is -0.259. The van der Waals surface area contributed by atoms with Crippen LogP contribution in [0.15, 0.2) is 48.8 Å². The average molecular weight is 411 g/mol. The van der Waals surface area contributed by atoms with E-state index >= 15 is 0 Å². The molecule has 0 saturated heterocycles. The standard InChI is InChI=1S/C18H22NO2.HI/c1-4-19-11-10-16(15-8-6-5-7-9-15)17(12-19)18(20)21-13-14(2)3;/h5-12,14H,4,13H2,1-3H3;1H/q+1;/p-1. The first-order chi connectivity index (χ1) is 10.1. The molecule has 4 heteroatoms. The van der Waals surface area contributed by atoms with Crippen molar-refractivity contribution in [2.24, 2.45) is 5.92 Å². The lowest BCUT2D eigenvalue weighted by molar-refractivity contribution is -0.693. The molecular formula is C18H22INO2. The Balaban J connectivity index is 0.00000242. The average Bonchev–Trinajstić information content (AvgIpc) is 2.52. The molecule has 0 fully saturated rings. The molecule has 0 unspecified atom stereocenters. The summed E-state index contributed by atoms with van der Waals surface area (Å²) in [7, 11) is 0. The van der Waals surface area contributed by atoms with Crippen molar-refractivity contribution in [1.82, 2.24) is 0 Å². The van der Waals surface area contributed by atoms with Gasteiger partial charge in [0.15, 0.2) is 12.4 Å². The molecule has 0 aliphatic carbocycles. The highest BCUT2D eigenvalue weighted by Gasteiger charge is 2.19. The van der Waals surface area contributed by atoms with Crippen LogP contribution in [0.25, 0.3) is 11.1 Å². The number of hydrogen-bond donors (Lipinski definition) is 0. The van der Waals surface area contributed by atoms with Crippen LogP contribution in [0.4, 0.5) is 0 Å². The Kier molecular flexibility index (Phi) is 7.51. The smallest absolute Gasteiger partial charge is 0.344 e. The molecule has 2 aromatic rings. The number of rotatable bonds is 5. The van der Waals surface area contributed by atoms with Crippen molar-refractivity contribution in [3.8, 4) is 11.1 Å². The highest BCUT2D eigenvalue weighted by Crippen LogP contribution is 2.23. The van der Waals surface area contributed by atoms with Crippen molar-refractivity contribution >= 4 is 5.97 Å². The Labute approximate surface area is 149 Å². The van der Waals surface area contributed by atoms with E-state index in [-0.39, 0.29) is 29.9 Å². The van der Waals surface area contributed by atoms with Gasteiger partial charge in [0, 0.05) is 11.6 Å². The summed E-state index contributed by atoms with van der Waals surface area (Å²) in [6.45, 7) is 7.37. The van der Waals surface area contributed by atoms with E-state index in [1.807, 2.05) is 74.1 Å². The fourth-order valence-electron chi connectivity index (χ4n) is 2.09. The van der Waals surface area contributed by atoms with E-state index in [9.17, 15) is 4.79 Å². The van der Waals surface area contributed by atoms with Crippen LogP contribution in [0.3, 0.4) is 0 Å². The van der Waals surface area contributed by atoms with E-state index in [1.54, 1.807) is 0 Å². The number of pyridine rings is 1. The molecule has 0 spiro atoms. The second-order valence-electron chi connectivity index (χ2n) is 5.46. The first-order valence-electron chi connectivity index (χ1n) is 7.37. The number of halogens is 1. The van der Waals surface area contributed by atoms with E-state index in [2.05, 4.69) is 0 Å². The zero-order chi connectivity index (χ0) is 15.2. The van der Waals surface area contributed by atoms with Gasteiger partial charge in [-0.3, -0.25) is 0 Å². The molecule has 2 rings (SSSR count). The van der Waals surface area contributed by atoms with E-state index < -0.39 is 0 Å². The maximum Gasteiger partial charge on any atom is 0.344 e. The van der Waals surface area contributed by atoms with Crippen LogP contribution in [0, 0.1) is 5.92 Å². The maximum absolute atomic E-state index is 12.4. The molecule has 0 aliphatic heterocycles. The minimum Gasteiger partial charge on any atom is -1.00 e. The lowest BCUT2D eigenvalue weighted by Gasteiger charge is -2.10. The Hall–Kier alpha value is -1.43. The number of benzene rings is 1. The molecule has 0 bridgehead atoms. The lowest BCUT2D eigenvalue weighted by Crippen LogP contribution is -3.00.